The van der Waals surface area contributed by atoms with Crippen LogP contribution in [-0.2, 0) is 22.6 Å². The van der Waals surface area contributed by atoms with Gasteiger partial charge < -0.3 is 19.7 Å². The molecule has 0 saturated heterocycles. The third kappa shape index (κ3) is 3.76. The first-order valence-corrected chi connectivity index (χ1v) is 5.50. The highest BCUT2D eigenvalue weighted by atomic mass is 16.5. The molecule has 0 fully saturated rings. The SMILES string of the molecule is CCOCC(O)Cn1nnc(C(=O)O)c1COC. The number of rotatable bonds is 8. The molecule has 0 aliphatic rings. The van der Waals surface area contributed by atoms with Crippen LogP contribution in [0.15, 0.2) is 0 Å². The van der Waals surface area contributed by atoms with Crippen LogP contribution in [-0.4, -0.2) is 57.6 Å². The number of aliphatic hydroxyl groups excluding tert-OH is 1. The zero-order chi connectivity index (χ0) is 13.5. The lowest BCUT2D eigenvalue weighted by molar-refractivity contribution is 0.0299. The Bertz CT molecular complexity index is 393. The Balaban J connectivity index is 2.78. The van der Waals surface area contributed by atoms with E-state index in [-0.39, 0.29) is 25.5 Å². The van der Waals surface area contributed by atoms with Gasteiger partial charge >= 0.3 is 5.97 Å². The van der Waals surface area contributed by atoms with Crippen LogP contribution >= 0.6 is 0 Å². The summed E-state index contributed by atoms with van der Waals surface area (Å²) in [6.07, 6.45) is -0.774. The largest absolute Gasteiger partial charge is 0.476 e. The summed E-state index contributed by atoms with van der Waals surface area (Å²) >= 11 is 0. The Labute approximate surface area is 104 Å². The van der Waals surface area contributed by atoms with Gasteiger partial charge in [-0.3, -0.25) is 0 Å². The van der Waals surface area contributed by atoms with Gasteiger partial charge in [-0.15, -0.1) is 5.10 Å². The fourth-order valence-corrected chi connectivity index (χ4v) is 1.43. The molecule has 0 saturated carbocycles. The van der Waals surface area contributed by atoms with E-state index >= 15 is 0 Å². The molecule has 1 aromatic rings. The van der Waals surface area contributed by atoms with E-state index in [0.717, 1.165) is 0 Å². The minimum Gasteiger partial charge on any atom is -0.476 e. The van der Waals surface area contributed by atoms with E-state index in [1.54, 1.807) is 0 Å². The molecule has 8 heteroatoms. The molecule has 1 aromatic heterocycles. The first-order chi connectivity index (χ1) is 8.60. The maximum absolute atomic E-state index is 10.9. The lowest BCUT2D eigenvalue weighted by Crippen LogP contribution is -2.24. The molecule has 2 N–H and O–H groups in total. The number of hydrogen-bond donors (Lipinski definition) is 2. The van der Waals surface area contributed by atoms with Crippen molar-refractivity contribution in [2.75, 3.05) is 20.3 Å². The van der Waals surface area contributed by atoms with Crippen molar-refractivity contribution in [3.05, 3.63) is 11.4 Å². The summed E-state index contributed by atoms with van der Waals surface area (Å²) < 4.78 is 11.3. The van der Waals surface area contributed by atoms with Gasteiger partial charge in [0.2, 0.25) is 0 Å². The van der Waals surface area contributed by atoms with E-state index < -0.39 is 12.1 Å². The highest BCUT2D eigenvalue weighted by Crippen LogP contribution is 2.08. The average Bonchev–Trinajstić information content (AvgIpc) is 2.70. The molecule has 8 nitrogen and oxygen atoms in total. The number of nitrogens with zero attached hydrogens (tertiary/aromatic N) is 3. The zero-order valence-corrected chi connectivity index (χ0v) is 10.4. The summed E-state index contributed by atoms with van der Waals surface area (Å²) in [6.45, 7) is 2.65. The number of carboxylic acid groups (broad SMARTS) is 1. The Kier molecular flexibility index (Phi) is 5.69. The fourth-order valence-electron chi connectivity index (χ4n) is 1.43. The summed E-state index contributed by atoms with van der Waals surface area (Å²) in [5.74, 6) is -1.17. The summed E-state index contributed by atoms with van der Waals surface area (Å²) in [7, 11) is 1.44. The Morgan fingerprint density at radius 1 is 1.56 bits per heavy atom. The number of methoxy groups -OCH3 is 1. The smallest absolute Gasteiger partial charge is 0.358 e. The second-order valence-electron chi connectivity index (χ2n) is 3.62. The van der Waals surface area contributed by atoms with Crippen molar-refractivity contribution < 1.29 is 24.5 Å². The number of carbonyl (C=O) groups is 1. The van der Waals surface area contributed by atoms with Crippen molar-refractivity contribution in [2.24, 2.45) is 0 Å². The fraction of sp³-hybridized carbons (Fsp3) is 0.700. The molecular formula is C10H17N3O5. The minimum absolute atomic E-state index is 0.0655. The maximum Gasteiger partial charge on any atom is 0.358 e. The first kappa shape index (κ1) is 14.6. The van der Waals surface area contributed by atoms with Crippen LogP contribution in [0.25, 0.3) is 0 Å². The molecule has 0 amide bonds. The summed E-state index contributed by atoms with van der Waals surface area (Å²) in [4.78, 5) is 10.9. The van der Waals surface area contributed by atoms with Gasteiger partial charge in [0.15, 0.2) is 5.69 Å². The molecule has 0 aromatic carbocycles. The molecule has 1 rings (SSSR count). The predicted molar refractivity (Wildman–Crippen MR) is 60.2 cm³/mol. The molecular weight excluding hydrogens is 242 g/mol. The molecule has 0 aliphatic carbocycles. The van der Waals surface area contributed by atoms with Gasteiger partial charge in [0.05, 0.1) is 31.6 Å². The second kappa shape index (κ2) is 7.04. The third-order valence-corrected chi connectivity index (χ3v) is 2.22. The molecule has 1 unspecified atom stereocenters. The highest BCUT2D eigenvalue weighted by molar-refractivity contribution is 5.86. The summed E-state index contributed by atoms with van der Waals surface area (Å²) in [5, 5.41) is 25.8. The van der Waals surface area contributed by atoms with Crippen molar-refractivity contribution in [2.45, 2.75) is 26.2 Å². The number of aliphatic hydroxyl groups is 1. The number of ether oxygens (including phenoxy) is 2. The monoisotopic (exact) mass is 259 g/mol. The number of carboxylic acids is 1. The van der Waals surface area contributed by atoms with Crippen molar-refractivity contribution in [3.8, 4) is 0 Å². The molecule has 0 spiro atoms. The Morgan fingerprint density at radius 2 is 2.28 bits per heavy atom. The van der Waals surface area contributed by atoms with E-state index in [4.69, 9.17) is 14.6 Å². The molecule has 0 aliphatic heterocycles. The molecule has 0 bridgehead atoms. The predicted octanol–water partition coefficient (Wildman–Crippen LogP) is -0.480. The van der Waals surface area contributed by atoms with Gasteiger partial charge in [0, 0.05) is 13.7 Å². The lowest BCUT2D eigenvalue weighted by atomic mass is 10.3. The highest BCUT2D eigenvalue weighted by Gasteiger charge is 2.20. The lowest BCUT2D eigenvalue weighted by Gasteiger charge is -2.12. The average molecular weight is 259 g/mol. The van der Waals surface area contributed by atoms with Gasteiger partial charge in [-0.1, -0.05) is 5.21 Å². The first-order valence-electron chi connectivity index (χ1n) is 5.50. The van der Waals surface area contributed by atoms with E-state index in [9.17, 15) is 9.90 Å². The minimum atomic E-state index is -1.17. The molecule has 102 valence electrons. The quantitative estimate of drug-likeness (QED) is 0.649. The number of aromatic carboxylic acids is 1. The van der Waals surface area contributed by atoms with E-state index in [1.165, 1.54) is 11.8 Å². The van der Waals surface area contributed by atoms with Gasteiger partial charge in [-0.2, -0.15) is 0 Å². The Morgan fingerprint density at radius 3 is 2.83 bits per heavy atom. The normalized spacial score (nSPS) is 12.6. The van der Waals surface area contributed by atoms with Gasteiger partial charge in [-0.25, -0.2) is 9.48 Å². The number of aromatic nitrogens is 3. The third-order valence-electron chi connectivity index (χ3n) is 2.22. The number of hydrogen-bond acceptors (Lipinski definition) is 6. The van der Waals surface area contributed by atoms with Crippen molar-refractivity contribution in [3.63, 3.8) is 0 Å². The van der Waals surface area contributed by atoms with Crippen LogP contribution in [0.1, 0.15) is 23.1 Å². The van der Waals surface area contributed by atoms with Crippen LogP contribution in [0.5, 0.6) is 0 Å². The second-order valence-corrected chi connectivity index (χ2v) is 3.62. The van der Waals surface area contributed by atoms with Gasteiger partial charge in [0.1, 0.15) is 0 Å². The topological polar surface area (TPSA) is 107 Å². The van der Waals surface area contributed by atoms with Crippen LogP contribution in [0.4, 0.5) is 0 Å². The van der Waals surface area contributed by atoms with E-state index in [0.29, 0.717) is 12.3 Å². The van der Waals surface area contributed by atoms with Gasteiger partial charge in [0.25, 0.3) is 0 Å². The summed E-state index contributed by atoms with van der Waals surface area (Å²) in [6, 6.07) is 0. The van der Waals surface area contributed by atoms with Crippen LogP contribution in [0.3, 0.4) is 0 Å². The van der Waals surface area contributed by atoms with Crippen molar-refractivity contribution >= 4 is 5.97 Å². The van der Waals surface area contributed by atoms with Gasteiger partial charge in [-0.05, 0) is 6.92 Å². The Hall–Kier alpha value is -1.51. The zero-order valence-electron chi connectivity index (χ0n) is 10.4. The molecule has 0 radical (unpaired) electrons. The van der Waals surface area contributed by atoms with Crippen LogP contribution in [0.2, 0.25) is 0 Å². The van der Waals surface area contributed by atoms with Crippen molar-refractivity contribution in [1.82, 2.24) is 15.0 Å². The van der Waals surface area contributed by atoms with E-state index in [2.05, 4.69) is 10.3 Å². The standard InChI is InChI=1S/C10H17N3O5/c1-3-18-5-7(14)4-13-8(6-17-2)9(10(15)16)11-12-13/h7,14H,3-6H2,1-2H3,(H,15,16). The molecule has 1 atom stereocenters. The maximum atomic E-state index is 10.9. The van der Waals surface area contributed by atoms with Crippen molar-refractivity contribution in [1.29, 1.82) is 0 Å². The van der Waals surface area contributed by atoms with Crippen LogP contribution < -0.4 is 0 Å². The van der Waals surface area contributed by atoms with Crippen LogP contribution in [0, 0.1) is 0 Å². The molecule has 18 heavy (non-hydrogen) atoms. The van der Waals surface area contributed by atoms with E-state index in [1.807, 2.05) is 6.92 Å². The molecule has 1 heterocycles. The summed E-state index contributed by atoms with van der Waals surface area (Å²) in [5.41, 5.74) is 0.154.